The number of benzene rings is 1. The molecule has 0 aromatic heterocycles. The molecule has 0 saturated carbocycles. The summed E-state index contributed by atoms with van der Waals surface area (Å²) in [5.41, 5.74) is -2.34. The summed E-state index contributed by atoms with van der Waals surface area (Å²) in [5.74, 6) is -1.83. The van der Waals surface area contributed by atoms with E-state index in [0.717, 1.165) is 25.7 Å². The number of carboxylic acids is 1. The van der Waals surface area contributed by atoms with E-state index in [-0.39, 0.29) is 42.3 Å². The summed E-state index contributed by atoms with van der Waals surface area (Å²) in [6.45, 7) is 13.2. The molecule has 0 spiro atoms. The normalized spacial score (nSPS) is 12.7. The molecule has 0 aliphatic heterocycles. The van der Waals surface area contributed by atoms with Crippen molar-refractivity contribution in [3.63, 3.8) is 0 Å². The van der Waals surface area contributed by atoms with E-state index in [1.54, 1.807) is 13.8 Å². The molecule has 0 aliphatic rings. The lowest BCUT2D eigenvalue weighted by atomic mass is 9.99. The van der Waals surface area contributed by atoms with Gasteiger partial charge in [-0.3, -0.25) is 5.32 Å². The van der Waals surface area contributed by atoms with Gasteiger partial charge in [0.05, 0.1) is 19.8 Å². The van der Waals surface area contributed by atoms with E-state index in [2.05, 4.69) is 5.32 Å². The van der Waals surface area contributed by atoms with Gasteiger partial charge in [0.1, 0.15) is 0 Å². The summed E-state index contributed by atoms with van der Waals surface area (Å²) in [6.07, 6.45) is 1.33. The minimum Gasteiger partial charge on any atom is -0.477 e. The van der Waals surface area contributed by atoms with Crippen molar-refractivity contribution in [1.82, 2.24) is 5.32 Å². The Bertz CT molecular complexity index is 1020. The Morgan fingerprint density at radius 2 is 1.36 bits per heavy atom. The third-order valence-electron chi connectivity index (χ3n) is 5.53. The predicted octanol–water partition coefficient (Wildman–Crippen LogP) is 6.62. The molecule has 42 heavy (non-hydrogen) atoms. The van der Waals surface area contributed by atoms with Gasteiger partial charge < -0.3 is 33.5 Å². The van der Waals surface area contributed by atoms with E-state index >= 15 is 0 Å². The number of carbonyl (C=O) groups is 4. The zero-order valence-corrected chi connectivity index (χ0v) is 25.9. The Morgan fingerprint density at radius 3 is 1.83 bits per heavy atom. The first-order chi connectivity index (χ1) is 19.7. The van der Waals surface area contributed by atoms with Crippen LogP contribution < -0.4 is 14.8 Å². The first-order valence-corrected chi connectivity index (χ1v) is 14.4. The molecule has 12 heteroatoms. The second kappa shape index (κ2) is 18.1. The van der Waals surface area contributed by atoms with Crippen LogP contribution in [0.15, 0.2) is 18.2 Å². The number of carbonyl (C=O) groups excluding carboxylic acids is 3. The van der Waals surface area contributed by atoms with Crippen molar-refractivity contribution >= 4 is 24.4 Å². The van der Waals surface area contributed by atoms with Gasteiger partial charge in [0, 0.05) is 12.5 Å². The van der Waals surface area contributed by atoms with Gasteiger partial charge >= 0.3 is 24.4 Å². The molecule has 0 bridgehead atoms. The highest BCUT2D eigenvalue weighted by molar-refractivity contribution is 5.80. The molecular weight excluding hydrogens is 550 g/mol. The molecule has 1 atom stereocenters. The topological polar surface area (TPSA) is 156 Å². The number of unbranched alkanes of at least 4 members (excludes halogenated alkanes) is 4. The minimum atomic E-state index is -2.23. The second-order valence-electron chi connectivity index (χ2n) is 11.4. The van der Waals surface area contributed by atoms with E-state index in [0.29, 0.717) is 12.8 Å². The van der Waals surface area contributed by atoms with E-state index in [1.807, 2.05) is 34.6 Å². The van der Waals surface area contributed by atoms with Crippen LogP contribution in [0.2, 0.25) is 0 Å². The highest BCUT2D eigenvalue weighted by atomic mass is 16.8. The SMILES string of the molecule is CCCCCOC(=O)Oc1ccc(C[C@](NC(C)C)(OC(=O)OCC(C)(C)C)C(=O)O)cc1OC(=O)OCCCCC. The van der Waals surface area contributed by atoms with E-state index in [9.17, 15) is 24.3 Å². The van der Waals surface area contributed by atoms with Crippen molar-refractivity contribution in [2.45, 2.75) is 105 Å². The fourth-order valence-corrected chi connectivity index (χ4v) is 3.58. The van der Waals surface area contributed by atoms with Gasteiger partial charge in [-0.1, -0.05) is 66.4 Å². The molecule has 1 rings (SSSR count). The zero-order valence-electron chi connectivity index (χ0n) is 25.9. The van der Waals surface area contributed by atoms with Crippen LogP contribution in [0.25, 0.3) is 0 Å². The molecular formula is C30H47NO11. The molecule has 2 N–H and O–H groups in total. The quantitative estimate of drug-likeness (QED) is 0.0651. The van der Waals surface area contributed by atoms with Crippen molar-refractivity contribution in [3.8, 4) is 11.5 Å². The Balaban J connectivity index is 3.29. The van der Waals surface area contributed by atoms with Crippen molar-refractivity contribution in [1.29, 1.82) is 0 Å². The lowest BCUT2D eigenvalue weighted by molar-refractivity contribution is -0.167. The van der Waals surface area contributed by atoms with Crippen molar-refractivity contribution in [3.05, 3.63) is 23.8 Å². The van der Waals surface area contributed by atoms with Crippen molar-refractivity contribution in [2.24, 2.45) is 5.41 Å². The van der Waals surface area contributed by atoms with Crippen LogP contribution in [0, 0.1) is 5.41 Å². The number of hydrogen-bond acceptors (Lipinski definition) is 11. The molecule has 1 aromatic rings. The van der Waals surface area contributed by atoms with Gasteiger partial charge in [0.2, 0.25) is 0 Å². The summed E-state index contributed by atoms with van der Waals surface area (Å²) in [6, 6.07) is 3.65. The molecule has 238 valence electrons. The molecule has 0 heterocycles. The first-order valence-electron chi connectivity index (χ1n) is 14.4. The second-order valence-corrected chi connectivity index (χ2v) is 11.4. The first kappa shape index (κ1) is 36.5. The number of rotatable bonds is 17. The monoisotopic (exact) mass is 597 g/mol. The number of aliphatic carboxylic acids is 1. The Kier molecular flexibility index (Phi) is 15.7. The van der Waals surface area contributed by atoms with Crippen LogP contribution in [0.5, 0.6) is 11.5 Å². The highest BCUT2D eigenvalue weighted by Gasteiger charge is 2.44. The van der Waals surface area contributed by atoms with Crippen LogP contribution in [-0.2, 0) is 30.2 Å². The largest absolute Gasteiger partial charge is 0.513 e. The highest BCUT2D eigenvalue weighted by Crippen LogP contribution is 2.31. The van der Waals surface area contributed by atoms with Crippen LogP contribution >= 0.6 is 0 Å². The Morgan fingerprint density at radius 1 is 0.810 bits per heavy atom. The van der Waals surface area contributed by atoms with Gasteiger partial charge in [0.25, 0.3) is 5.72 Å². The van der Waals surface area contributed by atoms with Crippen LogP contribution in [0.1, 0.15) is 92.6 Å². The Labute approximate surface area is 248 Å². The maximum atomic E-state index is 12.5. The fraction of sp³-hybridized carbons (Fsp3) is 0.667. The van der Waals surface area contributed by atoms with E-state index < -0.39 is 42.6 Å². The molecule has 0 unspecified atom stereocenters. The maximum Gasteiger partial charge on any atom is 0.513 e. The number of nitrogens with one attached hydrogen (secondary N) is 1. The van der Waals surface area contributed by atoms with Crippen LogP contribution in [-0.4, -0.2) is 61.1 Å². The average Bonchev–Trinajstić information content (AvgIpc) is 2.88. The standard InChI is InChI=1S/C30H47NO11/c1-8-10-12-16-37-26(34)40-23-15-14-22(18-24(23)41-27(35)38-17-13-11-9-2)19-30(25(32)33,31-21(3)4)42-28(36)39-20-29(5,6)7/h14-15,18,21,31H,8-13,16-17,19-20H2,1-7H3,(H,32,33)/t30-/m0/s1. The van der Waals surface area contributed by atoms with Gasteiger partial charge in [-0.25, -0.2) is 19.2 Å². The van der Waals surface area contributed by atoms with E-state index in [4.69, 9.17) is 28.4 Å². The van der Waals surface area contributed by atoms with Gasteiger partial charge in [-0.2, -0.15) is 0 Å². The maximum absolute atomic E-state index is 12.5. The number of ether oxygens (including phenoxy) is 6. The molecule has 1 aromatic carbocycles. The summed E-state index contributed by atoms with van der Waals surface area (Å²) in [5, 5.41) is 13.0. The molecule has 0 saturated heterocycles. The minimum absolute atomic E-state index is 0.00213. The fourth-order valence-electron chi connectivity index (χ4n) is 3.58. The Hall–Kier alpha value is -3.54. The van der Waals surface area contributed by atoms with Crippen molar-refractivity contribution in [2.75, 3.05) is 19.8 Å². The lowest BCUT2D eigenvalue weighted by Gasteiger charge is -2.32. The number of hydrogen-bond donors (Lipinski definition) is 2. The van der Waals surface area contributed by atoms with Gasteiger partial charge in [-0.15, -0.1) is 0 Å². The summed E-state index contributed by atoms with van der Waals surface area (Å²) in [4.78, 5) is 49.7. The molecule has 0 radical (unpaired) electrons. The van der Waals surface area contributed by atoms with Gasteiger partial charge in [0.15, 0.2) is 11.5 Å². The van der Waals surface area contributed by atoms with E-state index in [1.165, 1.54) is 18.2 Å². The molecule has 0 fully saturated rings. The van der Waals surface area contributed by atoms with Crippen LogP contribution in [0.4, 0.5) is 14.4 Å². The van der Waals surface area contributed by atoms with Gasteiger partial charge in [-0.05, 0) is 49.8 Å². The molecule has 0 amide bonds. The third-order valence-corrected chi connectivity index (χ3v) is 5.53. The number of carboxylic acid groups (broad SMARTS) is 1. The third kappa shape index (κ3) is 14.4. The lowest BCUT2D eigenvalue weighted by Crippen LogP contribution is -2.59. The van der Waals surface area contributed by atoms with Crippen LogP contribution in [0.3, 0.4) is 0 Å². The molecule has 12 nitrogen and oxygen atoms in total. The predicted molar refractivity (Wildman–Crippen MR) is 154 cm³/mol. The summed E-state index contributed by atoms with van der Waals surface area (Å²) in [7, 11) is 0. The summed E-state index contributed by atoms with van der Waals surface area (Å²) >= 11 is 0. The van der Waals surface area contributed by atoms with Crippen molar-refractivity contribution < 1.29 is 52.7 Å². The average molecular weight is 598 g/mol. The molecule has 0 aliphatic carbocycles. The smallest absolute Gasteiger partial charge is 0.477 e. The summed E-state index contributed by atoms with van der Waals surface area (Å²) < 4.78 is 31.3. The zero-order chi connectivity index (χ0) is 31.8.